The number of imidazole rings is 1. The highest BCUT2D eigenvalue weighted by molar-refractivity contribution is 7.89. The maximum absolute atomic E-state index is 11.7. The first-order valence-electron chi connectivity index (χ1n) is 4.96. The van der Waals surface area contributed by atoms with Crippen molar-refractivity contribution in [2.24, 2.45) is 5.73 Å². The summed E-state index contributed by atoms with van der Waals surface area (Å²) in [5.41, 5.74) is 5.23. The van der Waals surface area contributed by atoms with Crippen molar-refractivity contribution in [3.05, 3.63) is 24.7 Å². The Morgan fingerprint density at radius 2 is 2.31 bits per heavy atom. The number of aryl methyl sites for hydroxylation is 1. The van der Waals surface area contributed by atoms with Crippen LogP contribution in [0, 0.1) is 0 Å². The van der Waals surface area contributed by atoms with Gasteiger partial charge in [-0.1, -0.05) is 12.2 Å². The van der Waals surface area contributed by atoms with Gasteiger partial charge in [0.05, 0.1) is 6.33 Å². The summed E-state index contributed by atoms with van der Waals surface area (Å²) in [6, 6.07) is 0. The lowest BCUT2D eigenvalue weighted by Gasteiger charge is -2.00. The molecule has 0 atom stereocenters. The van der Waals surface area contributed by atoms with Crippen LogP contribution in [0.25, 0.3) is 0 Å². The van der Waals surface area contributed by atoms with Gasteiger partial charge in [-0.2, -0.15) is 0 Å². The van der Waals surface area contributed by atoms with Crippen molar-refractivity contribution in [3.8, 4) is 0 Å². The summed E-state index contributed by atoms with van der Waals surface area (Å²) in [6.07, 6.45) is 6.33. The van der Waals surface area contributed by atoms with Crippen molar-refractivity contribution in [1.29, 1.82) is 0 Å². The summed E-state index contributed by atoms with van der Waals surface area (Å²) in [7, 11) is -3.50. The average Bonchev–Trinajstić information content (AvgIpc) is 2.73. The van der Waals surface area contributed by atoms with Gasteiger partial charge in [-0.3, -0.25) is 0 Å². The Kier molecular flexibility index (Phi) is 4.66. The largest absolute Gasteiger partial charge is 0.336 e. The van der Waals surface area contributed by atoms with Crippen molar-refractivity contribution in [3.63, 3.8) is 0 Å². The molecule has 7 heteroatoms. The predicted molar refractivity (Wildman–Crippen MR) is 61.3 cm³/mol. The number of rotatable bonds is 6. The van der Waals surface area contributed by atoms with Crippen LogP contribution < -0.4 is 10.5 Å². The van der Waals surface area contributed by atoms with Crippen molar-refractivity contribution in [2.75, 3.05) is 13.1 Å². The third-order valence-electron chi connectivity index (χ3n) is 1.94. The number of nitrogens with one attached hydrogen (secondary N) is 1. The second-order valence-corrected chi connectivity index (χ2v) is 4.82. The quantitative estimate of drug-likeness (QED) is 0.672. The van der Waals surface area contributed by atoms with E-state index in [-0.39, 0.29) is 11.6 Å². The summed E-state index contributed by atoms with van der Waals surface area (Å²) in [6.45, 7) is 3.22. The van der Waals surface area contributed by atoms with Crippen LogP contribution in [-0.4, -0.2) is 31.1 Å². The molecule has 90 valence electrons. The number of hydrogen-bond acceptors (Lipinski definition) is 4. The molecule has 0 saturated carbocycles. The molecule has 16 heavy (non-hydrogen) atoms. The molecule has 3 N–H and O–H groups in total. The van der Waals surface area contributed by atoms with Crippen molar-refractivity contribution in [1.82, 2.24) is 14.3 Å². The number of sulfonamides is 1. The molecule has 0 radical (unpaired) electrons. The molecule has 0 aliphatic heterocycles. The minimum absolute atomic E-state index is 0.0375. The lowest BCUT2D eigenvalue weighted by molar-refractivity contribution is 0.582. The van der Waals surface area contributed by atoms with Crippen molar-refractivity contribution in [2.45, 2.75) is 18.5 Å². The Balaban J connectivity index is 2.66. The Labute approximate surface area is 95.2 Å². The van der Waals surface area contributed by atoms with E-state index in [1.165, 1.54) is 12.5 Å². The summed E-state index contributed by atoms with van der Waals surface area (Å²) in [5.74, 6) is 0. The third-order valence-corrected chi connectivity index (χ3v) is 3.25. The minimum atomic E-state index is -3.50. The molecule has 6 nitrogen and oxygen atoms in total. The number of nitrogens with zero attached hydrogens (tertiary/aromatic N) is 2. The van der Waals surface area contributed by atoms with Gasteiger partial charge in [0.25, 0.3) is 10.0 Å². The van der Waals surface area contributed by atoms with Gasteiger partial charge in [-0.05, 0) is 6.92 Å². The fraction of sp³-hybridized carbons (Fsp3) is 0.444. The Bertz CT molecular complexity index is 450. The Hall–Kier alpha value is -1.18. The van der Waals surface area contributed by atoms with E-state index >= 15 is 0 Å². The van der Waals surface area contributed by atoms with E-state index in [9.17, 15) is 8.42 Å². The van der Waals surface area contributed by atoms with Gasteiger partial charge in [0, 0.05) is 25.8 Å². The third kappa shape index (κ3) is 3.44. The Morgan fingerprint density at radius 1 is 1.56 bits per heavy atom. The molecule has 1 rings (SSSR count). The van der Waals surface area contributed by atoms with Crippen LogP contribution in [0.2, 0.25) is 0 Å². The zero-order valence-corrected chi connectivity index (χ0v) is 9.94. The summed E-state index contributed by atoms with van der Waals surface area (Å²) in [5, 5.41) is 0.0375. The summed E-state index contributed by atoms with van der Waals surface area (Å²) in [4.78, 5) is 3.82. The van der Waals surface area contributed by atoms with Gasteiger partial charge >= 0.3 is 0 Å². The smallest absolute Gasteiger partial charge is 0.259 e. The highest BCUT2D eigenvalue weighted by Crippen LogP contribution is 2.04. The monoisotopic (exact) mass is 244 g/mol. The highest BCUT2D eigenvalue weighted by Gasteiger charge is 2.15. The van der Waals surface area contributed by atoms with Crippen molar-refractivity contribution >= 4 is 10.0 Å². The van der Waals surface area contributed by atoms with Crippen LogP contribution in [0.3, 0.4) is 0 Å². The van der Waals surface area contributed by atoms with E-state index < -0.39 is 10.0 Å². The molecule has 1 heterocycles. The van der Waals surface area contributed by atoms with Crippen LogP contribution >= 0.6 is 0 Å². The standard InChI is InChI=1S/C9H16N4O2S/c1-2-13-7-9(11-8-13)16(14,15)12-6-4-3-5-10/h3-4,7-8,12H,2,5-6,10H2,1H3/b4-3+. The van der Waals surface area contributed by atoms with Crippen LogP contribution in [0.4, 0.5) is 0 Å². The molecule has 0 fully saturated rings. The zero-order chi connectivity index (χ0) is 12.0. The SMILES string of the molecule is CCn1cnc(S(=O)(=O)NC/C=C/CN)c1. The number of hydrogen-bond donors (Lipinski definition) is 2. The van der Waals surface area contributed by atoms with Gasteiger partial charge in [-0.15, -0.1) is 0 Å². The maximum Gasteiger partial charge on any atom is 0.259 e. The molecule has 0 aliphatic carbocycles. The second kappa shape index (κ2) is 5.78. The molecule has 0 unspecified atom stereocenters. The summed E-state index contributed by atoms with van der Waals surface area (Å²) < 4.78 is 27.4. The molecular formula is C9H16N4O2S. The lowest BCUT2D eigenvalue weighted by Crippen LogP contribution is -2.24. The fourth-order valence-corrected chi connectivity index (χ4v) is 1.99. The lowest BCUT2D eigenvalue weighted by atomic mass is 10.5. The van der Waals surface area contributed by atoms with Crippen LogP contribution in [0.1, 0.15) is 6.92 Å². The van der Waals surface area contributed by atoms with Gasteiger partial charge in [0.1, 0.15) is 0 Å². The first-order valence-corrected chi connectivity index (χ1v) is 6.45. The highest BCUT2D eigenvalue weighted by atomic mass is 32.2. The molecule has 0 amide bonds. The van der Waals surface area contributed by atoms with E-state index in [0.717, 1.165) is 0 Å². The molecular weight excluding hydrogens is 228 g/mol. The molecule has 1 aromatic heterocycles. The average molecular weight is 244 g/mol. The molecule has 1 aromatic rings. The van der Waals surface area contributed by atoms with E-state index in [1.807, 2.05) is 6.92 Å². The molecule has 0 aromatic carbocycles. The predicted octanol–water partition coefficient (Wildman–Crippen LogP) is -0.304. The van der Waals surface area contributed by atoms with Crippen LogP contribution in [0.15, 0.2) is 29.7 Å². The van der Waals surface area contributed by atoms with Crippen LogP contribution in [0.5, 0.6) is 0 Å². The first kappa shape index (κ1) is 12.9. The van der Waals surface area contributed by atoms with Crippen molar-refractivity contribution < 1.29 is 8.42 Å². The molecule has 0 bridgehead atoms. The van der Waals surface area contributed by atoms with Gasteiger partial charge < -0.3 is 10.3 Å². The van der Waals surface area contributed by atoms with E-state index in [0.29, 0.717) is 13.1 Å². The molecule has 0 saturated heterocycles. The van der Waals surface area contributed by atoms with E-state index in [2.05, 4.69) is 9.71 Å². The zero-order valence-electron chi connectivity index (χ0n) is 9.13. The van der Waals surface area contributed by atoms with Gasteiger partial charge in [0.2, 0.25) is 0 Å². The molecule has 0 aliphatic rings. The van der Waals surface area contributed by atoms with Gasteiger partial charge in [0.15, 0.2) is 5.03 Å². The number of aromatic nitrogens is 2. The Morgan fingerprint density at radius 3 is 2.88 bits per heavy atom. The topological polar surface area (TPSA) is 90.0 Å². The second-order valence-electron chi connectivity index (χ2n) is 3.10. The van der Waals surface area contributed by atoms with Crippen LogP contribution in [-0.2, 0) is 16.6 Å². The maximum atomic E-state index is 11.7. The number of nitrogens with two attached hydrogens (primary N) is 1. The van der Waals surface area contributed by atoms with E-state index in [1.54, 1.807) is 16.7 Å². The fourth-order valence-electron chi connectivity index (χ4n) is 1.06. The first-order chi connectivity index (χ1) is 7.60. The minimum Gasteiger partial charge on any atom is -0.336 e. The van der Waals surface area contributed by atoms with E-state index in [4.69, 9.17) is 5.73 Å². The molecule has 0 spiro atoms. The summed E-state index contributed by atoms with van der Waals surface area (Å²) >= 11 is 0. The van der Waals surface area contributed by atoms with Gasteiger partial charge in [-0.25, -0.2) is 18.1 Å². The normalized spacial score (nSPS) is 12.4.